The molecule has 162 valence electrons. The Hall–Kier alpha value is -1.86. The Kier molecular flexibility index (Phi) is 8.71. The molecule has 2 saturated heterocycles. The largest absolute Gasteiger partial charge is 0.351 e. The molecule has 0 radical (unpaired) electrons. The van der Waals surface area contributed by atoms with Crippen LogP contribution in [-0.4, -0.2) is 54.0 Å². The van der Waals surface area contributed by atoms with Crippen LogP contribution in [0.2, 0.25) is 0 Å². The molecule has 8 heteroatoms. The molecule has 1 aromatic rings. The fourth-order valence-corrected chi connectivity index (χ4v) is 4.08. The average molecular weight is 425 g/mol. The van der Waals surface area contributed by atoms with Gasteiger partial charge in [0.15, 0.2) is 0 Å². The first-order chi connectivity index (χ1) is 13.5. The van der Waals surface area contributed by atoms with Gasteiger partial charge in [-0.1, -0.05) is 6.92 Å². The van der Waals surface area contributed by atoms with Gasteiger partial charge in [-0.15, -0.1) is 12.4 Å². The van der Waals surface area contributed by atoms with E-state index in [-0.39, 0.29) is 54.4 Å². The predicted octanol–water partition coefficient (Wildman–Crippen LogP) is 1.88. The molecule has 3 rings (SSSR count). The first-order valence-corrected chi connectivity index (χ1v) is 10.5. The van der Waals surface area contributed by atoms with Crippen LogP contribution in [0.3, 0.4) is 0 Å². The summed E-state index contributed by atoms with van der Waals surface area (Å²) in [7, 11) is 0. The number of carbonyl (C=O) groups excluding carboxylic acids is 2. The van der Waals surface area contributed by atoms with Crippen LogP contribution in [-0.2, 0) is 4.79 Å². The average Bonchev–Trinajstić information content (AvgIpc) is 2.69. The molecule has 0 aromatic carbocycles. The zero-order valence-electron chi connectivity index (χ0n) is 17.4. The highest BCUT2D eigenvalue weighted by molar-refractivity contribution is 5.95. The number of pyridine rings is 1. The Bertz CT molecular complexity index is 766. The van der Waals surface area contributed by atoms with Crippen molar-refractivity contribution in [1.29, 1.82) is 0 Å². The number of aromatic nitrogens is 1. The normalized spacial score (nSPS) is 18.2. The summed E-state index contributed by atoms with van der Waals surface area (Å²) < 4.78 is 1.70. The molecule has 3 heterocycles. The van der Waals surface area contributed by atoms with Crippen molar-refractivity contribution in [2.45, 2.75) is 52.0 Å². The predicted molar refractivity (Wildman–Crippen MR) is 116 cm³/mol. The van der Waals surface area contributed by atoms with Crippen molar-refractivity contribution in [3.63, 3.8) is 0 Å². The smallest absolute Gasteiger partial charge is 0.263 e. The molecule has 7 nitrogen and oxygen atoms in total. The third kappa shape index (κ3) is 5.82. The zero-order chi connectivity index (χ0) is 20.1. The minimum absolute atomic E-state index is 0. The van der Waals surface area contributed by atoms with Crippen LogP contribution in [0.15, 0.2) is 17.1 Å². The number of carbonyl (C=O) groups is 2. The highest BCUT2D eigenvalue weighted by atomic mass is 35.5. The van der Waals surface area contributed by atoms with Crippen molar-refractivity contribution < 1.29 is 9.59 Å². The maximum absolute atomic E-state index is 12.9. The van der Waals surface area contributed by atoms with Crippen molar-refractivity contribution in [2.75, 3.05) is 32.7 Å². The topological polar surface area (TPSA) is 83.4 Å². The molecule has 0 atom stereocenters. The number of rotatable bonds is 5. The first-order valence-electron chi connectivity index (χ1n) is 10.5. The summed E-state index contributed by atoms with van der Waals surface area (Å²) in [6.07, 6.45) is 5.91. The SMILES string of the molecule is Cc1ccn(C2CCNCC2)c(=O)c1C(=O)NCCC(=O)N1CCC(C)CC1.Cl. The molecule has 2 N–H and O–H groups in total. The minimum Gasteiger partial charge on any atom is -0.351 e. The summed E-state index contributed by atoms with van der Waals surface area (Å²) in [4.78, 5) is 39.8. The van der Waals surface area contributed by atoms with Gasteiger partial charge in [-0.25, -0.2) is 0 Å². The number of aryl methyl sites for hydroxylation is 1. The molecule has 2 aliphatic heterocycles. The number of amides is 2. The lowest BCUT2D eigenvalue weighted by atomic mass is 9.99. The van der Waals surface area contributed by atoms with E-state index in [1.165, 1.54) is 0 Å². The van der Waals surface area contributed by atoms with E-state index in [0.717, 1.165) is 51.9 Å². The Balaban J connectivity index is 0.00000300. The Morgan fingerprint density at radius 2 is 1.83 bits per heavy atom. The summed E-state index contributed by atoms with van der Waals surface area (Å²) in [6.45, 7) is 7.60. The second kappa shape index (κ2) is 10.8. The Morgan fingerprint density at radius 1 is 1.17 bits per heavy atom. The highest BCUT2D eigenvalue weighted by Gasteiger charge is 2.22. The summed E-state index contributed by atoms with van der Waals surface area (Å²) in [6, 6.07) is 1.96. The van der Waals surface area contributed by atoms with Gasteiger partial charge in [-0.2, -0.15) is 0 Å². The van der Waals surface area contributed by atoms with E-state index in [4.69, 9.17) is 0 Å². The van der Waals surface area contributed by atoms with Crippen molar-refractivity contribution in [3.05, 3.63) is 33.7 Å². The number of likely N-dealkylation sites (tertiary alicyclic amines) is 1. The van der Waals surface area contributed by atoms with E-state index in [0.29, 0.717) is 11.5 Å². The van der Waals surface area contributed by atoms with E-state index < -0.39 is 0 Å². The molecule has 2 fully saturated rings. The van der Waals surface area contributed by atoms with Gasteiger partial charge in [0.25, 0.3) is 11.5 Å². The maximum Gasteiger partial charge on any atom is 0.263 e. The van der Waals surface area contributed by atoms with Crippen molar-refractivity contribution >= 4 is 24.2 Å². The van der Waals surface area contributed by atoms with Crippen molar-refractivity contribution in [1.82, 2.24) is 20.1 Å². The van der Waals surface area contributed by atoms with Crippen LogP contribution in [0.4, 0.5) is 0 Å². The van der Waals surface area contributed by atoms with Gasteiger partial charge >= 0.3 is 0 Å². The van der Waals surface area contributed by atoms with E-state index in [1.807, 2.05) is 11.0 Å². The van der Waals surface area contributed by atoms with Gasteiger partial charge in [-0.05, 0) is 63.2 Å². The molecule has 2 aliphatic rings. The fraction of sp³-hybridized carbons (Fsp3) is 0.667. The van der Waals surface area contributed by atoms with Crippen LogP contribution < -0.4 is 16.2 Å². The summed E-state index contributed by atoms with van der Waals surface area (Å²) >= 11 is 0. The lowest BCUT2D eigenvalue weighted by molar-refractivity contribution is -0.132. The molecule has 0 aliphatic carbocycles. The van der Waals surface area contributed by atoms with E-state index in [9.17, 15) is 14.4 Å². The van der Waals surface area contributed by atoms with Gasteiger partial charge in [0.2, 0.25) is 5.91 Å². The van der Waals surface area contributed by atoms with Crippen LogP contribution in [0, 0.1) is 12.8 Å². The lowest BCUT2D eigenvalue weighted by Crippen LogP contribution is -2.41. The minimum atomic E-state index is -0.383. The molecule has 0 bridgehead atoms. The second-order valence-corrected chi connectivity index (χ2v) is 8.14. The monoisotopic (exact) mass is 424 g/mol. The van der Waals surface area contributed by atoms with Crippen LogP contribution in [0.5, 0.6) is 0 Å². The molecule has 0 spiro atoms. The van der Waals surface area contributed by atoms with Gasteiger partial charge in [0.1, 0.15) is 5.56 Å². The number of hydrogen-bond donors (Lipinski definition) is 2. The summed E-state index contributed by atoms with van der Waals surface area (Å²) in [5, 5.41) is 6.07. The first kappa shape index (κ1) is 23.4. The summed E-state index contributed by atoms with van der Waals surface area (Å²) in [5.41, 5.74) is 0.630. The van der Waals surface area contributed by atoms with Gasteiger partial charge < -0.3 is 20.1 Å². The third-order valence-electron chi connectivity index (χ3n) is 6.02. The number of halogens is 1. The van der Waals surface area contributed by atoms with Crippen LogP contribution in [0.1, 0.15) is 61.0 Å². The maximum atomic E-state index is 12.9. The quantitative estimate of drug-likeness (QED) is 0.756. The Morgan fingerprint density at radius 3 is 2.48 bits per heavy atom. The summed E-state index contributed by atoms with van der Waals surface area (Å²) in [5.74, 6) is 0.363. The molecular weight excluding hydrogens is 392 g/mol. The third-order valence-corrected chi connectivity index (χ3v) is 6.02. The second-order valence-electron chi connectivity index (χ2n) is 8.14. The molecule has 1 aromatic heterocycles. The van der Waals surface area contributed by atoms with E-state index in [1.54, 1.807) is 17.7 Å². The Labute approximate surface area is 178 Å². The van der Waals surface area contributed by atoms with E-state index in [2.05, 4.69) is 17.6 Å². The fourth-order valence-electron chi connectivity index (χ4n) is 4.08. The number of piperidine rings is 2. The van der Waals surface area contributed by atoms with Crippen molar-refractivity contribution in [2.24, 2.45) is 5.92 Å². The standard InChI is InChI=1S/C21H32N4O3.ClH/c1-15-6-12-24(13-7-15)18(26)5-11-23-20(27)19-16(2)8-14-25(21(19)28)17-3-9-22-10-4-17;/h8,14-15,17,22H,3-7,9-13H2,1-2H3,(H,23,27);1H. The number of hydrogen-bond acceptors (Lipinski definition) is 4. The lowest BCUT2D eigenvalue weighted by Gasteiger charge is -2.30. The molecule has 0 saturated carbocycles. The number of nitrogens with one attached hydrogen (secondary N) is 2. The molecule has 2 amide bonds. The van der Waals surface area contributed by atoms with Gasteiger partial charge in [0, 0.05) is 38.3 Å². The van der Waals surface area contributed by atoms with Gasteiger partial charge in [-0.3, -0.25) is 14.4 Å². The molecular formula is C21H33ClN4O3. The van der Waals surface area contributed by atoms with E-state index >= 15 is 0 Å². The molecule has 0 unspecified atom stereocenters. The highest BCUT2D eigenvalue weighted by Crippen LogP contribution is 2.18. The number of nitrogens with zero attached hydrogens (tertiary/aromatic N) is 2. The zero-order valence-corrected chi connectivity index (χ0v) is 18.2. The molecule has 29 heavy (non-hydrogen) atoms. The van der Waals surface area contributed by atoms with Crippen LogP contribution in [0.25, 0.3) is 0 Å². The van der Waals surface area contributed by atoms with Crippen molar-refractivity contribution in [3.8, 4) is 0 Å². The van der Waals surface area contributed by atoms with Crippen LogP contribution >= 0.6 is 12.4 Å². The van der Waals surface area contributed by atoms with Gasteiger partial charge in [0.05, 0.1) is 0 Å².